The van der Waals surface area contributed by atoms with Crippen LogP contribution < -0.4 is 14.8 Å². The van der Waals surface area contributed by atoms with Crippen LogP contribution in [-0.4, -0.2) is 45.5 Å². The van der Waals surface area contributed by atoms with Gasteiger partial charge in [0.15, 0.2) is 11.5 Å². The van der Waals surface area contributed by atoms with Crippen LogP contribution in [0.15, 0.2) is 83.8 Å². The number of non-ortho nitro benzene ring substituents is 1. The van der Waals surface area contributed by atoms with Gasteiger partial charge in [-0.2, -0.15) is 0 Å². The molecule has 3 amide bonds. The Bertz CT molecular complexity index is 1850. The molecule has 5 rings (SSSR count). The number of fused-ring (bicyclic) bond motifs is 1. The van der Waals surface area contributed by atoms with Crippen LogP contribution >= 0.6 is 11.8 Å². The number of nitrogens with zero attached hydrogens (tertiary/aromatic N) is 3. The van der Waals surface area contributed by atoms with Crippen LogP contribution in [-0.2, 0) is 9.59 Å². The first-order valence-corrected chi connectivity index (χ1v) is 13.3. The summed E-state index contributed by atoms with van der Waals surface area (Å²) in [5, 5.41) is 26.4. The summed E-state index contributed by atoms with van der Waals surface area (Å²) in [4.78, 5) is 60.2. The molecule has 0 aliphatic carbocycles. The monoisotopic (exact) mass is 600 g/mol. The summed E-state index contributed by atoms with van der Waals surface area (Å²) in [5.41, 5.74) is -0.0907. The molecule has 1 saturated heterocycles. The minimum absolute atomic E-state index is 0.0646. The maximum absolute atomic E-state index is 13.0. The molecule has 4 aromatic carbocycles. The van der Waals surface area contributed by atoms with Crippen molar-refractivity contribution in [3.05, 3.63) is 110 Å². The molecule has 0 saturated carbocycles. The Hall–Kier alpha value is -5.76. The Morgan fingerprint density at radius 1 is 0.930 bits per heavy atom. The van der Waals surface area contributed by atoms with Gasteiger partial charge in [0.25, 0.3) is 16.8 Å². The zero-order valence-corrected chi connectivity index (χ0v) is 23.0. The van der Waals surface area contributed by atoms with Crippen molar-refractivity contribution < 1.29 is 33.7 Å². The van der Waals surface area contributed by atoms with Crippen LogP contribution in [0.2, 0.25) is 0 Å². The predicted octanol–water partition coefficient (Wildman–Crippen LogP) is 6.13. The first-order chi connectivity index (χ1) is 20.6. The fourth-order valence-corrected chi connectivity index (χ4v) is 5.12. The number of nitro groups is 2. The summed E-state index contributed by atoms with van der Waals surface area (Å²) < 4.78 is 11.0. The molecule has 1 aliphatic heterocycles. The van der Waals surface area contributed by atoms with Gasteiger partial charge in [-0.25, -0.2) is 0 Å². The second-order valence-electron chi connectivity index (χ2n) is 9.02. The predicted molar refractivity (Wildman–Crippen MR) is 158 cm³/mol. The van der Waals surface area contributed by atoms with E-state index in [1.807, 2.05) is 30.3 Å². The van der Waals surface area contributed by atoms with E-state index in [1.165, 1.54) is 31.4 Å². The Morgan fingerprint density at radius 2 is 1.67 bits per heavy atom. The summed E-state index contributed by atoms with van der Waals surface area (Å²) in [6, 6.07) is 20.3. The molecule has 43 heavy (non-hydrogen) atoms. The molecule has 1 fully saturated rings. The number of nitro benzene ring substituents is 2. The standard InChI is InChI=1S/C29H20N4O9S/c1-41-25-13-17(9-11-24(25)42-23-12-10-19(32(37)38)15-22(23)33(39)40)14-26-28(35)31(29(36)43-26)16-27(34)30-21-8-4-6-18-5-2-3-7-20(18)21/h2-15H,16H2,1H3,(H,30,34)/b26-14+. The van der Waals surface area contributed by atoms with Gasteiger partial charge in [0.05, 0.1) is 27.9 Å². The van der Waals surface area contributed by atoms with E-state index in [4.69, 9.17) is 9.47 Å². The van der Waals surface area contributed by atoms with Crippen LogP contribution in [0.1, 0.15) is 5.56 Å². The molecule has 4 aromatic rings. The number of carbonyl (C=O) groups excluding carboxylic acids is 3. The fourth-order valence-electron chi connectivity index (χ4n) is 4.28. The second kappa shape index (κ2) is 12.0. The van der Waals surface area contributed by atoms with Gasteiger partial charge >= 0.3 is 5.69 Å². The molecule has 0 atom stereocenters. The molecule has 0 unspecified atom stereocenters. The first-order valence-electron chi connectivity index (χ1n) is 12.5. The van der Waals surface area contributed by atoms with Crippen molar-refractivity contribution in [2.75, 3.05) is 19.0 Å². The Labute approximate surface area is 247 Å². The molecule has 1 N–H and O–H groups in total. The smallest absolute Gasteiger partial charge is 0.318 e. The van der Waals surface area contributed by atoms with Gasteiger partial charge in [0.2, 0.25) is 11.7 Å². The molecular weight excluding hydrogens is 580 g/mol. The highest BCUT2D eigenvalue weighted by atomic mass is 32.2. The van der Waals surface area contributed by atoms with E-state index >= 15 is 0 Å². The molecule has 0 bridgehead atoms. The number of hydrogen-bond donors (Lipinski definition) is 1. The van der Waals surface area contributed by atoms with Gasteiger partial charge in [-0.05, 0) is 53.1 Å². The number of rotatable bonds is 9. The minimum Gasteiger partial charge on any atom is -0.493 e. The van der Waals surface area contributed by atoms with Crippen LogP contribution in [0.3, 0.4) is 0 Å². The third kappa shape index (κ3) is 6.13. The molecule has 1 heterocycles. The number of carbonyl (C=O) groups is 3. The number of amides is 3. The highest BCUT2D eigenvalue weighted by Crippen LogP contribution is 2.39. The van der Waals surface area contributed by atoms with E-state index in [2.05, 4.69) is 5.32 Å². The number of hydrogen-bond acceptors (Lipinski definition) is 10. The van der Waals surface area contributed by atoms with Crippen molar-refractivity contribution in [2.24, 2.45) is 0 Å². The molecule has 13 nitrogen and oxygen atoms in total. The number of imide groups is 1. The molecule has 14 heteroatoms. The quantitative estimate of drug-likeness (QED) is 0.134. The lowest BCUT2D eigenvalue weighted by Crippen LogP contribution is -2.36. The van der Waals surface area contributed by atoms with Crippen LogP contribution in [0, 0.1) is 20.2 Å². The van der Waals surface area contributed by atoms with Crippen molar-refractivity contribution in [3.8, 4) is 17.2 Å². The molecule has 1 aliphatic rings. The highest BCUT2D eigenvalue weighted by molar-refractivity contribution is 8.18. The zero-order chi connectivity index (χ0) is 30.7. The highest BCUT2D eigenvalue weighted by Gasteiger charge is 2.36. The third-order valence-corrected chi connectivity index (χ3v) is 7.20. The van der Waals surface area contributed by atoms with Crippen LogP contribution in [0.4, 0.5) is 21.9 Å². The Kier molecular flexibility index (Phi) is 8.03. The largest absolute Gasteiger partial charge is 0.493 e. The van der Waals surface area contributed by atoms with E-state index in [9.17, 15) is 34.6 Å². The number of thioether (sulfide) groups is 1. The summed E-state index contributed by atoms with van der Waals surface area (Å²) in [7, 11) is 1.33. The van der Waals surface area contributed by atoms with Crippen LogP contribution in [0.5, 0.6) is 17.2 Å². The van der Waals surface area contributed by atoms with Gasteiger partial charge in [-0.3, -0.25) is 39.5 Å². The Morgan fingerprint density at radius 3 is 2.42 bits per heavy atom. The lowest BCUT2D eigenvalue weighted by molar-refractivity contribution is -0.394. The topological polar surface area (TPSA) is 171 Å². The number of anilines is 1. The molecule has 0 aromatic heterocycles. The lowest BCUT2D eigenvalue weighted by Gasteiger charge is -2.13. The summed E-state index contributed by atoms with van der Waals surface area (Å²) in [5.74, 6) is -1.23. The lowest BCUT2D eigenvalue weighted by atomic mass is 10.1. The number of benzene rings is 4. The normalized spacial score (nSPS) is 13.8. The fraction of sp³-hybridized carbons (Fsp3) is 0.0690. The van der Waals surface area contributed by atoms with E-state index in [0.29, 0.717) is 23.0 Å². The van der Waals surface area contributed by atoms with E-state index in [1.54, 1.807) is 12.1 Å². The van der Waals surface area contributed by atoms with Gasteiger partial charge < -0.3 is 14.8 Å². The van der Waals surface area contributed by atoms with Crippen molar-refractivity contribution in [2.45, 2.75) is 0 Å². The van der Waals surface area contributed by atoms with Crippen molar-refractivity contribution in [1.29, 1.82) is 0 Å². The van der Waals surface area contributed by atoms with E-state index < -0.39 is 44.8 Å². The van der Waals surface area contributed by atoms with Crippen molar-refractivity contribution in [1.82, 2.24) is 4.90 Å². The maximum atomic E-state index is 13.0. The first kappa shape index (κ1) is 28.8. The van der Waals surface area contributed by atoms with Crippen LogP contribution in [0.25, 0.3) is 16.8 Å². The summed E-state index contributed by atoms with van der Waals surface area (Å²) >= 11 is 0.673. The van der Waals surface area contributed by atoms with Gasteiger partial charge in [0, 0.05) is 17.1 Å². The summed E-state index contributed by atoms with van der Waals surface area (Å²) in [6.07, 6.45) is 1.44. The van der Waals surface area contributed by atoms with E-state index in [-0.39, 0.29) is 22.2 Å². The Balaban J connectivity index is 1.32. The van der Waals surface area contributed by atoms with Gasteiger partial charge in [-0.1, -0.05) is 42.5 Å². The third-order valence-electron chi connectivity index (χ3n) is 6.29. The van der Waals surface area contributed by atoms with Gasteiger partial charge in [0.1, 0.15) is 6.54 Å². The SMILES string of the molecule is COc1cc(/C=C2/SC(=O)N(CC(=O)Nc3cccc4ccccc34)C2=O)ccc1Oc1ccc([N+](=O)[O-])cc1[N+](=O)[O-]. The number of methoxy groups -OCH3 is 1. The second-order valence-corrected chi connectivity index (χ2v) is 10.0. The molecular formula is C29H20N4O9S. The molecule has 216 valence electrons. The average molecular weight is 601 g/mol. The summed E-state index contributed by atoms with van der Waals surface area (Å²) in [6.45, 7) is -0.477. The van der Waals surface area contributed by atoms with Gasteiger partial charge in [-0.15, -0.1) is 0 Å². The number of nitrogens with one attached hydrogen (secondary N) is 1. The molecule has 0 radical (unpaired) electrons. The van der Waals surface area contributed by atoms with E-state index in [0.717, 1.165) is 33.9 Å². The van der Waals surface area contributed by atoms with Crippen molar-refractivity contribution in [3.63, 3.8) is 0 Å². The minimum atomic E-state index is -0.804. The average Bonchev–Trinajstić information content (AvgIpc) is 3.25. The molecule has 0 spiro atoms. The van der Waals surface area contributed by atoms with Crippen molar-refractivity contribution >= 4 is 62.7 Å². The zero-order valence-electron chi connectivity index (χ0n) is 22.2. The number of ether oxygens (including phenoxy) is 2. The maximum Gasteiger partial charge on any atom is 0.318 e.